The van der Waals surface area contributed by atoms with E-state index < -0.39 is 0 Å². The summed E-state index contributed by atoms with van der Waals surface area (Å²) in [4.78, 5) is 14.6. The summed E-state index contributed by atoms with van der Waals surface area (Å²) in [6, 6.07) is 22.6. The van der Waals surface area contributed by atoms with Crippen molar-refractivity contribution in [3.63, 3.8) is 0 Å². The SMILES string of the molecule is C=CCN1C(=O)/C(=N/N=C\c2c(C)nn(-c3ccccc3)c2Oc2ccc(F)cc2)c2ccccc21. The van der Waals surface area contributed by atoms with E-state index in [-0.39, 0.29) is 17.4 Å². The summed E-state index contributed by atoms with van der Waals surface area (Å²) in [6.45, 7) is 5.94. The van der Waals surface area contributed by atoms with E-state index in [0.29, 0.717) is 35.0 Å². The highest BCUT2D eigenvalue weighted by atomic mass is 19.1. The molecule has 2 heterocycles. The Balaban J connectivity index is 1.55. The van der Waals surface area contributed by atoms with Gasteiger partial charge in [-0.3, -0.25) is 4.79 Å². The summed E-state index contributed by atoms with van der Waals surface area (Å²) in [5, 5.41) is 13.1. The number of benzene rings is 3. The van der Waals surface area contributed by atoms with Crippen LogP contribution in [-0.2, 0) is 4.79 Å². The highest BCUT2D eigenvalue weighted by Gasteiger charge is 2.33. The topological polar surface area (TPSA) is 72.1 Å². The van der Waals surface area contributed by atoms with Gasteiger partial charge in [0.2, 0.25) is 5.88 Å². The molecule has 0 bridgehead atoms. The fraction of sp³-hybridized carbons (Fsp3) is 0.0714. The van der Waals surface area contributed by atoms with Crippen molar-refractivity contribution in [3.8, 4) is 17.3 Å². The first-order chi connectivity index (χ1) is 17.6. The zero-order valence-corrected chi connectivity index (χ0v) is 19.5. The third-order valence-electron chi connectivity index (χ3n) is 5.65. The second kappa shape index (κ2) is 9.79. The maximum absolute atomic E-state index is 13.4. The number of ether oxygens (including phenoxy) is 1. The van der Waals surface area contributed by atoms with Gasteiger partial charge in [-0.05, 0) is 49.4 Å². The summed E-state index contributed by atoms with van der Waals surface area (Å²) < 4.78 is 21.2. The molecule has 1 aliphatic rings. The number of nitrogens with zero attached hydrogens (tertiary/aromatic N) is 5. The minimum atomic E-state index is -0.361. The normalized spacial score (nSPS) is 14.0. The standard InChI is InChI=1S/C28H22FN5O2/c1-3-17-33-25-12-8-7-11-23(25)26(27(33)35)31-30-18-24-19(2)32-34(21-9-5-4-6-10-21)28(24)36-22-15-13-20(29)14-16-22/h3-16,18H,1,17H2,2H3/b30-18-,31-26+. The van der Waals surface area contributed by atoms with Gasteiger partial charge >= 0.3 is 0 Å². The lowest BCUT2D eigenvalue weighted by molar-refractivity contribution is -0.112. The predicted molar refractivity (Wildman–Crippen MR) is 138 cm³/mol. The highest BCUT2D eigenvalue weighted by Crippen LogP contribution is 2.31. The molecule has 36 heavy (non-hydrogen) atoms. The number of aryl methyl sites for hydroxylation is 1. The number of anilines is 1. The van der Waals surface area contributed by atoms with E-state index in [4.69, 9.17) is 4.74 Å². The molecular formula is C28H22FN5O2. The van der Waals surface area contributed by atoms with Crippen molar-refractivity contribution in [1.82, 2.24) is 9.78 Å². The lowest BCUT2D eigenvalue weighted by atomic mass is 10.1. The van der Waals surface area contributed by atoms with E-state index in [9.17, 15) is 9.18 Å². The van der Waals surface area contributed by atoms with Crippen LogP contribution in [0, 0.1) is 12.7 Å². The van der Waals surface area contributed by atoms with Crippen LogP contribution in [0.15, 0.2) is 102 Å². The van der Waals surface area contributed by atoms with E-state index in [1.54, 1.807) is 15.7 Å². The van der Waals surface area contributed by atoms with Gasteiger partial charge in [0, 0.05) is 12.1 Å². The highest BCUT2D eigenvalue weighted by molar-refractivity contribution is 6.54. The Morgan fingerprint density at radius 1 is 1.03 bits per heavy atom. The van der Waals surface area contributed by atoms with E-state index in [2.05, 4.69) is 21.9 Å². The van der Waals surface area contributed by atoms with Crippen LogP contribution in [0.2, 0.25) is 0 Å². The van der Waals surface area contributed by atoms with Crippen LogP contribution in [0.4, 0.5) is 10.1 Å². The Bertz CT molecular complexity index is 1490. The fourth-order valence-corrected chi connectivity index (χ4v) is 3.94. The Labute approximate surface area is 207 Å². The molecule has 5 rings (SSSR count). The number of amides is 1. The number of hydrogen-bond donors (Lipinski definition) is 0. The molecule has 1 aromatic heterocycles. The average molecular weight is 480 g/mol. The molecule has 0 aliphatic carbocycles. The van der Waals surface area contributed by atoms with Crippen LogP contribution in [0.1, 0.15) is 16.8 Å². The zero-order chi connectivity index (χ0) is 25.1. The summed E-state index contributed by atoms with van der Waals surface area (Å²) in [5.74, 6) is 0.225. The first kappa shape index (κ1) is 22.9. The van der Waals surface area contributed by atoms with Crippen LogP contribution in [0.5, 0.6) is 11.6 Å². The molecule has 0 spiro atoms. The summed E-state index contributed by atoms with van der Waals surface area (Å²) >= 11 is 0. The van der Waals surface area contributed by atoms with Gasteiger partial charge in [0.15, 0.2) is 5.71 Å². The number of carbonyl (C=O) groups is 1. The number of fused-ring (bicyclic) bond motifs is 1. The smallest absolute Gasteiger partial charge is 0.279 e. The van der Waals surface area contributed by atoms with Crippen LogP contribution in [0.25, 0.3) is 5.69 Å². The minimum Gasteiger partial charge on any atom is -0.438 e. The number of hydrogen-bond acceptors (Lipinski definition) is 5. The third-order valence-corrected chi connectivity index (χ3v) is 5.65. The van der Waals surface area contributed by atoms with Crippen LogP contribution < -0.4 is 9.64 Å². The Morgan fingerprint density at radius 2 is 1.75 bits per heavy atom. The number of aromatic nitrogens is 2. The van der Waals surface area contributed by atoms with Crippen LogP contribution in [-0.4, -0.2) is 34.2 Å². The van der Waals surface area contributed by atoms with Crippen molar-refractivity contribution in [3.05, 3.63) is 114 Å². The monoisotopic (exact) mass is 479 g/mol. The van der Waals surface area contributed by atoms with E-state index >= 15 is 0 Å². The second-order valence-electron chi connectivity index (χ2n) is 8.02. The molecule has 7 nitrogen and oxygen atoms in total. The lowest BCUT2D eigenvalue weighted by Gasteiger charge is -2.13. The molecule has 4 aromatic rings. The van der Waals surface area contributed by atoms with E-state index in [0.717, 1.165) is 11.4 Å². The molecule has 0 radical (unpaired) electrons. The van der Waals surface area contributed by atoms with Gasteiger partial charge in [0.25, 0.3) is 5.91 Å². The van der Waals surface area contributed by atoms with E-state index in [1.165, 1.54) is 30.5 Å². The summed E-state index contributed by atoms with van der Waals surface area (Å²) in [6.07, 6.45) is 3.18. The van der Waals surface area contributed by atoms with Crippen molar-refractivity contribution in [2.24, 2.45) is 10.2 Å². The molecule has 8 heteroatoms. The minimum absolute atomic E-state index is 0.243. The van der Waals surface area contributed by atoms with Crippen LogP contribution in [0.3, 0.4) is 0 Å². The van der Waals surface area contributed by atoms with Gasteiger partial charge in [-0.2, -0.15) is 14.9 Å². The number of halogens is 1. The Kier molecular flexibility index (Phi) is 6.23. The maximum Gasteiger partial charge on any atom is 0.279 e. The Hall–Kier alpha value is -4.85. The van der Waals surface area contributed by atoms with Crippen LogP contribution >= 0.6 is 0 Å². The zero-order valence-electron chi connectivity index (χ0n) is 19.5. The Morgan fingerprint density at radius 3 is 2.50 bits per heavy atom. The van der Waals surface area contributed by atoms with Crippen molar-refractivity contribution in [2.45, 2.75) is 6.92 Å². The molecule has 1 aliphatic heterocycles. The van der Waals surface area contributed by atoms with Crippen molar-refractivity contribution >= 4 is 23.5 Å². The maximum atomic E-state index is 13.4. The molecule has 1 amide bonds. The lowest BCUT2D eigenvalue weighted by Crippen LogP contribution is -2.30. The first-order valence-corrected chi connectivity index (χ1v) is 11.3. The predicted octanol–water partition coefficient (Wildman–Crippen LogP) is 5.47. The summed E-state index contributed by atoms with van der Waals surface area (Å²) in [7, 11) is 0. The first-order valence-electron chi connectivity index (χ1n) is 11.3. The van der Waals surface area contributed by atoms with Crippen molar-refractivity contribution in [1.29, 1.82) is 0 Å². The van der Waals surface area contributed by atoms with Gasteiger partial charge in [-0.15, -0.1) is 11.7 Å². The van der Waals surface area contributed by atoms with Gasteiger partial charge in [-0.1, -0.05) is 42.5 Å². The van der Waals surface area contributed by atoms with E-state index in [1.807, 2.05) is 61.5 Å². The van der Waals surface area contributed by atoms with Gasteiger partial charge in [0.05, 0.1) is 28.8 Å². The molecule has 0 unspecified atom stereocenters. The molecule has 178 valence electrons. The molecular weight excluding hydrogens is 457 g/mol. The number of carbonyl (C=O) groups excluding carboxylic acids is 1. The fourth-order valence-electron chi connectivity index (χ4n) is 3.94. The number of para-hydroxylation sites is 2. The van der Waals surface area contributed by atoms with Gasteiger partial charge in [-0.25, -0.2) is 4.39 Å². The molecule has 0 saturated carbocycles. The molecule has 0 atom stereocenters. The summed E-state index contributed by atoms with van der Waals surface area (Å²) in [5.41, 5.74) is 3.73. The van der Waals surface area contributed by atoms with Gasteiger partial charge in [0.1, 0.15) is 11.6 Å². The molecule has 3 aromatic carbocycles. The molecule has 0 saturated heterocycles. The molecule has 0 N–H and O–H groups in total. The third kappa shape index (κ3) is 4.32. The average Bonchev–Trinajstić information content (AvgIpc) is 3.35. The van der Waals surface area contributed by atoms with Crippen molar-refractivity contribution < 1.29 is 13.9 Å². The van der Waals surface area contributed by atoms with Gasteiger partial charge < -0.3 is 9.64 Å². The number of rotatable bonds is 7. The quantitative estimate of drug-likeness (QED) is 0.201. The van der Waals surface area contributed by atoms with Crippen molar-refractivity contribution in [2.75, 3.05) is 11.4 Å². The molecule has 0 fully saturated rings. The largest absolute Gasteiger partial charge is 0.438 e. The second-order valence-corrected chi connectivity index (χ2v) is 8.02.